The predicted molar refractivity (Wildman–Crippen MR) is 119 cm³/mol. The van der Waals surface area contributed by atoms with E-state index in [9.17, 15) is 14.7 Å². The number of fused-ring (bicyclic) bond motifs is 1. The number of nitrogens with one attached hydrogen (secondary N) is 1. The van der Waals surface area contributed by atoms with Gasteiger partial charge < -0.3 is 14.3 Å². The fourth-order valence-electron chi connectivity index (χ4n) is 3.47. The van der Waals surface area contributed by atoms with Crippen LogP contribution in [0, 0.1) is 0 Å². The Morgan fingerprint density at radius 2 is 2.00 bits per heavy atom. The van der Waals surface area contributed by atoms with Crippen LogP contribution in [0.4, 0.5) is 10.7 Å². The van der Waals surface area contributed by atoms with Crippen LogP contribution in [0.15, 0.2) is 53.3 Å². The van der Waals surface area contributed by atoms with Crippen molar-refractivity contribution < 1.29 is 23.8 Å². The van der Waals surface area contributed by atoms with Crippen molar-refractivity contribution >= 4 is 50.0 Å². The van der Waals surface area contributed by atoms with Crippen LogP contribution >= 0.6 is 22.7 Å². The Balaban J connectivity index is 1.33. The van der Waals surface area contributed by atoms with Gasteiger partial charge in [0.25, 0.3) is 0 Å². The highest BCUT2D eigenvalue weighted by atomic mass is 32.2. The van der Waals surface area contributed by atoms with Crippen molar-refractivity contribution in [1.82, 2.24) is 4.98 Å². The summed E-state index contributed by atoms with van der Waals surface area (Å²) in [5.74, 6) is -0.545. The number of carbonyl (C=O) groups excluding carboxylic acids is 1. The number of amides is 1. The number of hydrogen-bond donors (Lipinski definition) is 2. The number of hydrogen-bond acceptors (Lipinski definition) is 7. The molecule has 3 aromatic heterocycles. The van der Waals surface area contributed by atoms with E-state index in [0.29, 0.717) is 18.5 Å². The molecule has 1 aromatic carbocycles. The molecule has 1 aliphatic rings. The zero-order chi connectivity index (χ0) is 21.6. The molecule has 4 aromatic rings. The van der Waals surface area contributed by atoms with E-state index in [2.05, 4.69) is 10.3 Å². The Labute approximate surface area is 185 Å². The molecule has 3 heterocycles. The highest BCUT2D eigenvalue weighted by molar-refractivity contribution is 7.39. The number of anilines is 1. The van der Waals surface area contributed by atoms with Gasteiger partial charge in [0.1, 0.15) is 17.2 Å². The maximum absolute atomic E-state index is 12.4. The molecule has 0 radical (unpaired) electrons. The molecule has 9 heteroatoms. The molecule has 1 fully saturated rings. The average Bonchev–Trinajstić information content (AvgIpc) is 3.05. The first kappa shape index (κ1) is 19.8. The average molecular weight is 455 g/mol. The Hall–Kier alpha value is -3.17. The van der Waals surface area contributed by atoms with Crippen LogP contribution in [0.2, 0.25) is 0 Å². The van der Waals surface area contributed by atoms with Gasteiger partial charge in [0.05, 0.1) is 8.89 Å². The molecule has 0 spiro atoms. The summed E-state index contributed by atoms with van der Waals surface area (Å²) < 4.78 is 11.8. The van der Waals surface area contributed by atoms with Gasteiger partial charge in [0, 0.05) is 10.3 Å². The molecule has 0 aliphatic heterocycles. The van der Waals surface area contributed by atoms with Crippen LogP contribution in [-0.4, -0.2) is 22.2 Å². The monoisotopic (exact) mass is 454 g/mol. The van der Waals surface area contributed by atoms with Crippen molar-refractivity contribution in [1.29, 1.82) is 0 Å². The van der Waals surface area contributed by atoms with Crippen molar-refractivity contribution in [3.63, 3.8) is 0 Å². The third-order valence-corrected chi connectivity index (χ3v) is 8.02. The quantitative estimate of drug-likeness (QED) is 0.368. The standard InChI is InChI=1S/C22H18N2O5S2/c1-12(13-5-3-2-4-6-13)29-21(27)24-18-17(23-11-28-18)15-9-14-10-16(31-19(14)30-15)22(7-8-22)20(25)26/h2-6,9-12H,7-8H2,1H3,(H,24,27)(H,25,26). The molecule has 1 saturated carbocycles. The van der Waals surface area contributed by atoms with E-state index < -0.39 is 23.6 Å². The van der Waals surface area contributed by atoms with Crippen LogP contribution < -0.4 is 5.32 Å². The van der Waals surface area contributed by atoms with Gasteiger partial charge in [-0.3, -0.25) is 10.1 Å². The largest absolute Gasteiger partial charge is 0.481 e. The van der Waals surface area contributed by atoms with Gasteiger partial charge in [-0.05, 0) is 37.5 Å². The minimum absolute atomic E-state index is 0.212. The summed E-state index contributed by atoms with van der Waals surface area (Å²) in [6.45, 7) is 1.80. The highest BCUT2D eigenvalue weighted by Gasteiger charge is 2.53. The SMILES string of the molecule is CC(OC(=O)Nc1ocnc1-c1cc2cc(C3(C(=O)O)CC3)sc2s1)c1ccccc1. The first-order chi connectivity index (χ1) is 15.0. The van der Waals surface area contributed by atoms with Crippen molar-refractivity contribution in [2.45, 2.75) is 31.3 Å². The second-order valence-corrected chi connectivity index (χ2v) is 9.83. The van der Waals surface area contributed by atoms with E-state index in [0.717, 1.165) is 24.7 Å². The predicted octanol–water partition coefficient (Wildman–Crippen LogP) is 6.04. The van der Waals surface area contributed by atoms with Crippen LogP contribution in [-0.2, 0) is 14.9 Å². The first-order valence-electron chi connectivity index (χ1n) is 9.70. The molecule has 1 unspecified atom stereocenters. The van der Waals surface area contributed by atoms with Crippen LogP contribution in [0.25, 0.3) is 20.0 Å². The summed E-state index contributed by atoms with van der Waals surface area (Å²) in [6, 6.07) is 13.3. The van der Waals surface area contributed by atoms with Crippen molar-refractivity contribution in [2.24, 2.45) is 0 Å². The summed E-state index contributed by atoms with van der Waals surface area (Å²) in [5, 5.41) is 13.1. The number of benzene rings is 1. The molecule has 7 nitrogen and oxygen atoms in total. The molecule has 1 atom stereocenters. The van der Waals surface area contributed by atoms with Crippen LogP contribution in [0.3, 0.4) is 0 Å². The Morgan fingerprint density at radius 3 is 2.68 bits per heavy atom. The zero-order valence-electron chi connectivity index (χ0n) is 16.5. The third kappa shape index (κ3) is 3.60. The van der Waals surface area contributed by atoms with E-state index >= 15 is 0 Å². The van der Waals surface area contributed by atoms with Crippen molar-refractivity contribution in [3.8, 4) is 10.6 Å². The molecule has 0 saturated heterocycles. The van der Waals surface area contributed by atoms with Crippen LogP contribution in [0.1, 0.15) is 36.3 Å². The molecule has 1 aliphatic carbocycles. The summed E-state index contributed by atoms with van der Waals surface area (Å²) in [7, 11) is 0. The van der Waals surface area contributed by atoms with Crippen LogP contribution in [0.5, 0.6) is 0 Å². The molecule has 31 heavy (non-hydrogen) atoms. The molecule has 2 N–H and O–H groups in total. The number of aliphatic carboxylic acids is 1. The van der Waals surface area contributed by atoms with Gasteiger partial charge in [0.2, 0.25) is 5.88 Å². The lowest BCUT2D eigenvalue weighted by Gasteiger charge is -2.13. The lowest BCUT2D eigenvalue weighted by atomic mass is 10.1. The number of nitrogens with zero attached hydrogens (tertiary/aromatic N) is 1. The van der Waals surface area contributed by atoms with Crippen molar-refractivity contribution in [2.75, 3.05) is 5.32 Å². The van der Waals surface area contributed by atoms with Gasteiger partial charge in [-0.2, -0.15) is 0 Å². The lowest BCUT2D eigenvalue weighted by molar-refractivity contribution is -0.139. The minimum Gasteiger partial charge on any atom is -0.481 e. The topological polar surface area (TPSA) is 102 Å². The molecular formula is C22H18N2O5S2. The van der Waals surface area contributed by atoms with Gasteiger partial charge in [-0.25, -0.2) is 9.78 Å². The first-order valence-corrected chi connectivity index (χ1v) is 11.3. The second kappa shape index (κ2) is 7.51. The number of aromatic nitrogens is 1. The van der Waals surface area contributed by atoms with Gasteiger partial charge >= 0.3 is 12.1 Å². The number of carboxylic acid groups (broad SMARTS) is 1. The molecule has 1 amide bonds. The van der Waals surface area contributed by atoms with E-state index in [1.165, 1.54) is 29.1 Å². The summed E-state index contributed by atoms with van der Waals surface area (Å²) >= 11 is 3.00. The van der Waals surface area contributed by atoms with E-state index in [-0.39, 0.29) is 5.88 Å². The van der Waals surface area contributed by atoms with E-state index in [4.69, 9.17) is 9.15 Å². The maximum Gasteiger partial charge on any atom is 0.414 e. The maximum atomic E-state index is 12.4. The Bertz CT molecular complexity index is 1240. The number of thiophene rings is 2. The number of carbonyl (C=O) groups is 2. The second-order valence-electron chi connectivity index (χ2n) is 7.46. The molecule has 0 bridgehead atoms. The van der Waals surface area contributed by atoms with Gasteiger partial charge in [0.15, 0.2) is 6.39 Å². The van der Waals surface area contributed by atoms with E-state index in [1.807, 2.05) is 42.5 Å². The number of oxazole rings is 1. The molecule has 158 valence electrons. The number of carboxylic acids is 1. The van der Waals surface area contributed by atoms with Crippen molar-refractivity contribution in [3.05, 3.63) is 59.3 Å². The normalized spacial score (nSPS) is 15.5. The number of ether oxygens (including phenoxy) is 1. The minimum atomic E-state index is -0.757. The molecule has 5 rings (SSSR count). The highest BCUT2D eigenvalue weighted by Crippen LogP contribution is 2.53. The summed E-state index contributed by atoms with van der Waals surface area (Å²) in [5.41, 5.74) is 0.696. The fraction of sp³-hybridized carbons (Fsp3) is 0.227. The Morgan fingerprint density at radius 1 is 1.23 bits per heavy atom. The summed E-state index contributed by atoms with van der Waals surface area (Å²) in [4.78, 5) is 29.9. The molecular weight excluding hydrogens is 436 g/mol. The third-order valence-electron chi connectivity index (χ3n) is 5.41. The van der Waals surface area contributed by atoms with Gasteiger partial charge in [-0.1, -0.05) is 30.3 Å². The van der Waals surface area contributed by atoms with E-state index in [1.54, 1.807) is 6.92 Å². The zero-order valence-corrected chi connectivity index (χ0v) is 18.1. The van der Waals surface area contributed by atoms with Gasteiger partial charge in [-0.15, -0.1) is 22.7 Å². The fourth-order valence-corrected chi connectivity index (χ4v) is 6.14. The Kier molecular flexibility index (Phi) is 4.79. The summed E-state index contributed by atoms with van der Waals surface area (Å²) in [6.07, 6.45) is 1.59. The number of rotatable bonds is 6. The lowest BCUT2D eigenvalue weighted by Crippen LogP contribution is -2.17. The smallest absolute Gasteiger partial charge is 0.414 e.